The topological polar surface area (TPSA) is 82.1 Å². The Hall–Kier alpha value is -1.66. The van der Waals surface area contributed by atoms with Crippen molar-refractivity contribution in [3.8, 4) is 0 Å². The second-order valence-corrected chi connectivity index (χ2v) is 7.29. The molecule has 6 heteroatoms. The van der Waals surface area contributed by atoms with Gasteiger partial charge in [-0.25, -0.2) is 4.79 Å². The molecule has 0 radical (unpaired) electrons. The molecule has 7 atom stereocenters. The van der Waals surface area contributed by atoms with E-state index in [1.165, 1.54) is 6.92 Å². The molecule has 1 aliphatic heterocycles. The van der Waals surface area contributed by atoms with Gasteiger partial charge < -0.3 is 19.3 Å². The van der Waals surface area contributed by atoms with Crippen LogP contribution in [0.4, 0.5) is 0 Å². The fourth-order valence-corrected chi connectivity index (χ4v) is 4.72. The zero-order chi connectivity index (χ0) is 17.8. The molecule has 0 amide bonds. The molecule has 1 N–H and O–H groups in total. The molecule has 0 bridgehead atoms. The minimum Gasteiger partial charge on any atom is -0.462 e. The molecule has 3 rings (SSSR count). The first-order valence-electron chi connectivity index (χ1n) is 8.18. The molecule has 2 aliphatic carbocycles. The largest absolute Gasteiger partial charge is 0.462 e. The molecular weight excluding hydrogens is 312 g/mol. The number of methoxy groups -OCH3 is 1. The normalized spacial score (nSPS) is 44.3. The molecule has 24 heavy (non-hydrogen) atoms. The molecule has 0 aromatic heterocycles. The predicted molar refractivity (Wildman–Crippen MR) is 84.8 cm³/mol. The maximum atomic E-state index is 12.1. The van der Waals surface area contributed by atoms with E-state index in [9.17, 15) is 14.7 Å². The van der Waals surface area contributed by atoms with E-state index in [1.54, 1.807) is 14.0 Å². The van der Waals surface area contributed by atoms with Gasteiger partial charge in [-0.3, -0.25) is 4.79 Å². The monoisotopic (exact) mass is 336 g/mol. The molecule has 1 saturated heterocycles. The van der Waals surface area contributed by atoms with E-state index in [0.717, 1.165) is 5.57 Å². The van der Waals surface area contributed by atoms with Crippen molar-refractivity contribution in [1.29, 1.82) is 0 Å². The van der Waals surface area contributed by atoms with Gasteiger partial charge in [0.25, 0.3) is 0 Å². The van der Waals surface area contributed by atoms with Crippen molar-refractivity contribution < 1.29 is 28.9 Å². The molecule has 0 aromatic rings. The fraction of sp³-hybridized carbons (Fsp3) is 0.667. The zero-order valence-corrected chi connectivity index (χ0v) is 14.4. The summed E-state index contributed by atoms with van der Waals surface area (Å²) in [4.78, 5) is 23.7. The summed E-state index contributed by atoms with van der Waals surface area (Å²) in [5.41, 5.74) is 0.168. The molecule has 3 unspecified atom stereocenters. The number of rotatable bonds is 2. The van der Waals surface area contributed by atoms with Crippen molar-refractivity contribution in [3.63, 3.8) is 0 Å². The van der Waals surface area contributed by atoms with Crippen molar-refractivity contribution in [3.05, 3.63) is 23.8 Å². The number of aliphatic hydroxyl groups is 1. The lowest BCUT2D eigenvalue weighted by molar-refractivity contribution is -0.152. The lowest BCUT2D eigenvalue weighted by Gasteiger charge is -2.37. The third-order valence-corrected chi connectivity index (χ3v) is 5.63. The van der Waals surface area contributed by atoms with Crippen LogP contribution >= 0.6 is 0 Å². The van der Waals surface area contributed by atoms with Gasteiger partial charge in [0, 0.05) is 37.9 Å². The van der Waals surface area contributed by atoms with Crippen LogP contribution in [0.15, 0.2) is 23.8 Å². The summed E-state index contributed by atoms with van der Waals surface area (Å²) in [5, 5.41) is 11.2. The van der Waals surface area contributed by atoms with Gasteiger partial charge in [0.15, 0.2) is 0 Å². The summed E-state index contributed by atoms with van der Waals surface area (Å²) in [5.74, 6) is -1.85. The Morgan fingerprint density at radius 3 is 2.71 bits per heavy atom. The Morgan fingerprint density at radius 1 is 1.46 bits per heavy atom. The number of esters is 2. The summed E-state index contributed by atoms with van der Waals surface area (Å²) >= 11 is 0. The summed E-state index contributed by atoms with van der Waals surface area (Å²) in [7, 11) is 1.60. The predicted octanol–water partition coefficient (Wildman–Crippen LogP) is 1.38. The van der Waals surface area contributed by atoms with Gasteiger partial charge in [0.2, 0.25) is 0 Å². The first kappa shape index (κ1) is 17.2. The van der Waals surface area contributed by atoms with Crippen LogP contribution in [0.2, 0.25) is 0 Å². The maximum absolute atomic E-state index is 12.1. The van der Waals surface area contributed by atoms with Crippen LogP contribution in [-0.4, -0.2) is 48.1 Å². The Morgan fingerprint density at radius 2 is 2.12 bits per heavy atom. The molecule has 132 valence electrons. The molecule has 0 aromatic carbocycles. The van der Waals surface area contributed by atoms with Crippen LogP contribution < -0.4 is 0 Å². The van der Waals surface area contributed by atoms with Crippen LogP contribution in [0.3, 0.4) is 0 Å². The Balaban J connectivity index is 2.09. The summed E-state index contributed by atoms with van der Waals surface area (Å²) in [6, 6.07) is 0. The highest BCUT2D eigenvalue weighted by Gasteiger charge is 2.61. The molecular formula is C18H24O6. The van der Waals surface area contributed by atoms with Crippen LogP contribution in [0, 0.1) is 17.8 Å². The van der Waals surface area contributed by atoms with Gasteiger partial charge in [-0.15, -0.1) is 0 Å². The first-order valence-corrected chi connectivity index (χ1v) is 8.18. The van der Waals surface area contributed by atoms with E-state index >= 15 is 0 Å². The minimum absolute atomic E-state index is 0.196. The van der Waals surface area contributed by atoms with Crippen molar-refractivity contribution in [1.82, 2.24) is 0 Å². The SMILES string of the molecule is C=C1C(=O)O[C@@H]2C3C(C)=CC(OC)C3[C@](C)(O)C[C@H](OC(C)=O)[C@@H]12. The number of carbonyl (C=O) groups is 2. The standard InChI is InChI=1S/C18H24O6/c1-8-6-11(22-5)15-13(8)16-14(9(2)17(20)24-16)12(23-10(3)19)7-18(15,4)21/h6,11-16,21H,2,7H2,1,3-5H3/t11?,12-,13?,14+,15?,16+,18+/m0/s1. The quantitative estimate of drug-likeness (QED) is 0.466. The minimum atomic E-state index is -1.14. The van der Waals surface area contributed by atoms with Gasteiger partial charge in [-0.2, -0.15) is 0 Å². The second kappa shape index (κ2) is 5.70. The van der Waals surface area contributed by atoms with Crippen molar-refractivity contribution >= 4 is 11.9 Å². The van der Waals surface area contributed by atoms with Gasteiger partial charge >= 0.3 is 11.9 Å². The Kier molecular flexibility index (Phi) is 4.08. The van der Waals surface area contributed by atoms with E-state index in [1.807, 2.05) is 13.0 Å². The van der Waals surface area contributed by atoms with Crippen molar-refractivity contribution in [2.24, 2.45) is 17.8 Å². The van der Waals surface area contributed by atoms with E-state index in [-0.39, 0.29) is 24.4 Å². The number of ether oxygens (including phenoxy) is 3. The summed E-state index contributed by atoms with van der Waals surface area (Å²) in [6.45, 7) is 8.84. The number of carbonyl (C=O) groups excluding carboxylic acids is 2. The first-order chi connectivity index (χ1) is 11.2. The van der Waals surface area contributed by atoms with Crippen LogP contribution in [-0.2, 0) is 23.8 Å². The lowest BCUT2D eigenvalue weighted by atomic mass is 9.75. The zero-order valence-electron chi connectivity index (χ0n) is 14.4. The fourth-order valence-electron chi connectivity index (χ4n) is 4.72. The van der Waals surface area contributed by atoms with E-state index in [4.69, 9.17) is 14.2 Å². The van der Waals surface area contributed by atoms with Gasteiger partial charge in [0.1, 0.15) is 12.2 Å². The van der Waals surface area contributed by atoms with E-state index in [2.05, 4.69) is 6.58 Å². The lowest BCUT2D eigenvalue weighted by Crippen LogP contribution is -2.46. The molecule has 6 nitrogen and oxygen atoms in total. The van der Waals surface area contributed by atoms with Crippen molar-refractivity contribution in [2.45, 2.75) is 51.1 Å². The highest BCUT2D eigenvalue weighted by Crippen LogP contribution is 2.53. The van der Waals surface area contributed by atoms with E-state index in [0.29, 0.717) is 5.57 Å². The molecule has 3 aliphatic rings. The molecule has 0 spiro atoms. The Bertz CT molecular complexity index is 619. The number of hydrogen-bond acceptors (Lipinski definition) is 6. The van der Waals surface area contributed by atoms with Crippen LogP contribution in [0.25, 0.3) is 0 Å². The highest BCUT2D eigenvalue weighted by atomic mass is 16.6. The summed E-state index contributed by atoms with van der Waals surface area (Å²) < 4.78 is 16.6. The average Bonchev–Trinajstić information content (AvgIpc) is 2.92. The maximum Gasteiger partial charge on any atom is 0.334 e. The van der Waals surface area contributed by atoms with Gasteiger partial charge in [-0.1, -0.05) is 18.2 Å². The number of hydrogen-bond donors (Lipinski definition) is 1. The van der Waals surface area contributed by atoms with Crippen LogP contribution in [0.1, 0.15) is 27.2 Å². The van der Waals surface area contributed by atoms with Crippen molar-refractivity contribution in [2.75, 3.05) is 7.11 Å². The van der Waals surface area contributed by atoms with Crippen LogP contribution in [0.5, 0.6) is 0 Å². The number of fused-ring (bicyclic) bond motifs is 3. The van der Waals surface area contributed by atoms with Gasteiger partial charge in [0.05, 0.1) is 17.6 Å². The molecule has 2 fully saturated rings. The summed E-state index contributed by atoms with van der Waals surface area (Å²) in [6.07, 6.45) is 0.726. The molecule has 1 saturated carbocycles. The average molecular weight is 336 g/mol. The second-order valence-electron chi connectivity index (χ2n) is 7.29. The smallest absolute Gasteiger partial charge is 0.334 e. The third kappa shape index (κ3) is 2.48. The Labute approximate surface area is 141 Å². The third-order valence-electron chi connectivity index (χ3n) is 5.63. The molecule has 1 heterocycles. The van der Waals surface area contributed by atoms with E-state index < -0.39 is 35.7 Å². The van der Waals surface area contributed by atoms with Gasteiger partial charge in [-0.05, 0) is 13.8 Å². The highest BCUT2D eigenvalue weighted by molar-refractivity contribution is 5.91.